The van der Waals surface area contributed by atoms with E-state index in [0.29, 0.717) is 23.5 Å². The van der Waals surface area contributed by atoms with Crippen LogP contribution in [0.1, 0.15) is 5.56 Å². The third-order valence-corrected chi connectivity index (χ3v) is 3.28. The molecule has 0 spiro atoms. The molecule has 0 atom stereocenters. The Hall–Kier alpha value is -2.83. The zero-order valence-electron chi connectivity index (χ0n) is 11.0. The number of pyridine rings is 1. The predicted octanol–water partition coefficient (Wildman–Crippen LogP) is 3.10. The van der Waals surface area contributed by atoms with Crippen molar-refractivity contribution in [3.8, 4) is 11.3 Å². The molecule has 2 N–H and O–H groups in total. The van der Waals surface area contributed by atoms with E-state index in [1.54, 1.807) is 0 Å². The molecule has 1 aromatic heterocycles. The van der Waals surface area contributed by atoms with Gasteiger partial charge in [0.05, 0.1) is 16.8 Å². The van der Waals surface area contributed by atoms with Gasteiger partial charge >= 0.3 is 5.97 Å². The third-order valence-electron chi connectivity index (χ3n) is 3.28. The summed E-state index contributed by atoms with van der Waals surface area (Å²) in [6.45, 7) is 0. The van der Waals surface area contributed by atoms with Crippen molar-refractivity contribution in [2.75, 3.05) is 5.32 Å². The molecule has 1 aliphatic heterocycles. The Morgan fingerprint density at radius 2 is 1.86 bits per heavy atom. The van der Waals surface area contributed by atoms with E-state index in [1.807, 2.05) is 0 Å². The summed E-state index contributed by atoms with van der Waals surface area (Å²) >= 11 is 0. The molecule has 1 aliphatic rings. The van der Waals surface area contributed by atoms with Gasteiger partial charge in [-0.1, -0.05) is 6.07 Å². The molecule has 2 aromatic rings. The summed E-state index contributed by atoms with van der Waals surface area (Å²) < 4.78 is 40.5. The Bertz CT molecular complexity index is 795. The van der Waals surface area contributed by atoms with Gasteiger partial charge in [0.1, 0.15) is 23.3 Å². The van der Waals surface area contributed by atoms with Crippen molar-refractivity contribution < 1.29 is 23.1 Å². The number of carboxylic acid groups (broad SMARTS) is 1. The lowest BCUT2D eigenvalue weighted by molar-refractivity contribution is -0.132. The zero-order chi connectivity index (χ0) is 15.9. The second-order valence-electron chi connectivity index (χ2n) is 4.74. The molecule has 0 saturated carbocycles. The van der Waals surface area contributed by atoms with Crippen molar-refractivity contribution in [2.45, 2.75) is 6.42 Å². The molecule has 112 valence electrons. The summed E-state index contributed by atoms with van der Waals surface area (Å²) in [5.74, 6) is -3.86. The van der Waals surface area contributed by atoms with Gasteiger partial charge in [0.25, 0.3) is 0 Å². The molecule has 0 fully saturated rings. The molecule has 0 bridgehead atoms. The Kier molecular flexibility index (Phi) is 3.32. The third kappa shape index (κ3) is 2.41. The highest BCUT2D eigenvalue weighted by molar-refractivity contribution is 5.89. The lowest BCUT2D eigenvalue weighted by Crippen LogP contribution is -2.13. The fourth-order valence-corrected chi connectivity index (χ4v) is 2.23. The summed E-state index contributed by atoms with van der Waals surface area (Å²) in [7, 11) is 0. The van der Waals surface area contributed by atoms with E-state index >= 15 is 0 Å². The highest BCUT2D eigenvalue weighted by Crippen LogP contribution is 2.30. The van der Waals surface area contributed by atoms with Crippen LogP contribution < -0.4 is 5.32 Å². The number of fused-ring (bicyclic) bond motifs is 1. The van der Waals surface area contributed by atoms with Gasteiger partial charge in [-0.25, -0.2) is 22.9 Å². The van der Waals surface area contributed by atoms with Gasteiger partial charge in [-0.15, -0.1) is 0 Å². The van der Waals surface area contributed by atoms with E-state index < -0.39 is 29.0 Å². The van der Waals surface area contributed by atoms with Crippen LogP contribution in [-0.4, -0.2) is 16.1 Å². The van der Waals surface area contributed by atoms with Crippen molar-refractivity contribution in [1.29, 1.82) is 0 Å². The first-order valence-electron chi connectivity index (χ1n) is 6.29. The van der Waals surface area contributed by atoms with Crippen LogP contribution in [0, 0.1) is 17.5 Å². The quantitative estimate of drug-likeness (QED) is 0.895. The molecular weight excluding hydrogens is 297 g/mol. The van der Waals surface area contributed by atoms with E-state index in [1.165, 1.54) is 18.3 Å². The van der Waals surface area contributed by atoms with Crippen molar-refractivity contribution in [2.24, 2.45) is 0 Å². The largest absolute Gasteiger partial charge is 0.478 e. The number of hydrogen-bond donors (Lipinski definition) is 2. The van der Waals surface area contributed by atoms with Gasteiger partial charge in [0.15, 0.2) is 0 Å². The summed E-state index contributed by atoms with van der Waals surface area (Å²) in [6.07, 6.45) is 1.43. The maximum Gasteiger partial charge on any atom is 0.333 e. The van der Waals surface area contributed by atoms with Gasteiger partial charge in [-0.3, -0.25) is 0 Å². The number of benzene rings is 1. The molecule has 0 radical (unpaired) electrons. The van der Waals surface area contributed by atoms with Gasteiger partial charge in [0, 0.05) is 24.8 Å². The maximum absolute atomic E-state index is 13.8. The van der Waals surface area contributed by atoms with Crippen molar-refractivity contribution >= 4 is 11.8 Å². The second-order valence-corrected chi connectivity index (χ2v) is 4.74. The van der Waals surface area contributed by atoms with Gasteiger partial charge < -0.3 is 10.4 Å². The Balaban J connectivity index is 2.03. The molecule has 3 rings (SSSR count). The van der Waals surface area contributed by atoms with E-state index in [4.69, 9.17) is 5.11 Å². The van der Waals surface area contributed by atoms with Crippen molar-refractivity contribution in [1.82, 2.24) is 4.98 Å². The average Bonchev–Trinajstić information content (AvgIpc) is 2.45. The Morgan fingerprint density at radius 3 is 2.50 bits per heavy atom. The van der Waals surface area contributed by atoms with Crippen LogP contribution in [0.5, 0.6) is 0 Å². The number of carboxylic acids is 1. The minimum Gasteiger partial charge on any atom is -0.478 e. The number of aliphatic carboxylic acids is 1. The maximum atomic E-state index is 13.8. The number of nitrogens with one attached hydrogen (secondary N) is 1. The first kappa shape index (κ1) is 14.1. The highest BCUT2D eigenvalue weighted by Gasteiger charge is 2.20. The summed E-state index contributed by atoms with van der Waals surface area (Å²) in [5, 5.41) is 11.6. The Labute approximate surface area is 122 Å². The van der Waals surface area contributed by atoms with Crippen LogP contribution in [0.2, 0.25) is 0 Å². The lowest BCUT2D eigenvalue weighted by Gasteiger charge is -2.16. The van der Waals surface area contributed by atoms with Crippen molar-refractivity contribution in [3.05, 3.63) is 59.1 Å². The molecule has 22 heavy (non-hydrogen) atoms. The molecule has 7 heteroatoms. The summed E-state index contributed by atoms with van der Waals surface area (Å²) in [4.78, 5) is 15.0. The van der Waals surface area contributed by atoms with Gasteiger partial charge in [-0.05, 0) is 11.6 Å². The number of carbonyl (C=O) groups is 1. The molecule has 0 saturated heterocycles. The molecule has 2 heterocycles. The monoisotopic (exact) mass is 306 g/mol. The van der Waals surface area contributed by atoms with E-state index in [9.17, 15) is 18.0 Å². The van der Waals surface area contributed by atoms with Gasteiger partial charge in [-0.2, -0.15) is 0 Å². The predicted molar refractivity (Wildman–Crippen MR) is 72.6 cm³/mol. The van der Waals surface area contributed by atoms with Crippen LogP contribution in [0.4, 0.5) is 19.0 Å². The van der Waals surface area contributed by atoms with E-state index in [2.05, 4.69) is 10.3 Å². The van der Waals surface area contributed by atoms with Crippen LogP contribution in [-0.2, 0) is 11.2 Å². The number of anilines is 1. The summed E-state index contributed by atoms with van der Waals surface area (Å²) in [5.41, 5.74) is 0.306. The zero-order valence-corrected chi connectivity index (χ0v) is 11.0. The molecule has 0 unspecified atom stereocenters. The van der Waals surface area contributed by atoms with Crippen LogP contribution in [0.3, 0.4) is 0 Å². The fraction of sp³-hybridized carbons (Fsp3) is 0.0667. The molecule has 4 nitrogen and oxygen atoms in total. The van der Waals surface area contributed by atoms with Crippen LogP contribution in [0.25, 0.3) is 11.3 Å². The minimum atomic E-state index is -1.06. The van der Waals surface area contributed by atoms with E-state index in [-0.39, 0.29) is 17.7 Å². The number of aromatic nitrogens is 1. The Morgan fingerprint density at radius 1 is 1.18 bits per heavy atom. The molecule has 0 aliphatic carbocycles. The number of rotatable bonds is 2. The molecule has 1 aromatic carbocycles. The second kappa shape index (κ2) is 5.18. The summed E-state index contributed by atoms with van der Waals surface area (Å²) in [6, 6.07) is 4.05. The topological polar surface area (TPSA) is 62.2 Å². The molecular formula is C15H9F3N2O2. The van der Waals surface area contributed by atoms with E-state index in [0.717, 1.165) is 0 Å². The highest BCUT2D eigenvalue weighted by atomic mass is 19.1. The minimum absolute atomic E-state index is 0.00609. The van der Waals surface area contributed by atoms with Gasteiger partial charge in [0.2, 0.25) is 0 Å². The van der Waals surface area contributed by atoms with Crippen LogP contribution >= 0.6 is 0 Å². The van der Waals surface area contributed by atoms with Crippen LogP contribution in [0.15, 0.2) is 36.0 Å². The first-order chi connectivity index (χ1) is 10.5. The SMILES string of the molecule is O=C(O)C1=CNc2nc(-c3c(F)cc(F)cc3F)ccc2C1. The first-order valence-corrected chi connectivity index (χ1v) is 6.29. The average molecular weight is 306 g/mol. The number of hydrogen-bond acceptors (Lipinski definition) is 3. The number of nitrogens with zero attached hydrogens (tertiary/aromatic N) is 1. The molecule has 0 amide bonds. The fourth-order valence-electron chi connectivity index (χ4n) is 2.23. The smallest absolute Gasteiger partial charge is 0.333 e. The van der Waals surface area contributed by atoms with Crippen molar-refractivity contribution in [3.63, 3.8) is 0 Å². The standard InChI is InChI=1S/C15H9F3N2O2/c16-9-4-10(17)13(11(18)5-9)12-2-1-7-3-8(15(21)22)6-19-14(7)20-12/h1-2,4-6H,3H2,(H,19,20)(H,21,22). The number of halogens is 3. The normalized spacial score (nSPS) is 13.1. The lowest BCUT2D eigenvalue weighted by atomic mass is 10.0.